The third-order valence-corrected chi connectivity index (χ3v) is 11.5. The third-order valence-electron chi connectivity index (χ3n) is 10.5. The highest BCUT2D eigenvalue weighted by molar-refractivity contribution is 7.45. The van der Waals surface area contributed by atoms with Gasteiger partial charge in [-0.25, -0.2) is 0 Å². The van der Waals surface area contributed by atoms with Crippen LogP contribution >= 0.6 is 7.82 Å². The number of rotatable bonds is 43. The number of hydrogen-bond acceptors (Lipinski definition) is 10. The molecule has 58 heavy (non-hydrogen) atoms. The van der Waals surface area contributed by atoms with E-state index in [0.29, 0.717) is 36.7 Å². The first kappa shape index (κ1) is 56.7. The van der Waals surface area contributed by atoms with Crippen LogP contribution in [0.25, 0.3) is 0 Å². The fraction of sp³-hybridized carbons (Fsp3) is 0.913. The van der Waals surface area contributed by atoms with Crippen LogP contribution in [0.1, 0.15) is 206 Å². The largest absolute Gasteiger partial charge is 0.756 e. The molecule has 0 saturated carbocycles. The first-order valence-electron chi connectivity index (χ1n) is 23.6. The number of quaternary nitrogens is 1. The van der Waals surface area contributed by atoms with Gasteiger partial charge in [-0.05, 0) is 38.5 Å². The van der Waals surface area contributed by atoms with Gasteiger partial charge in [0.15, 0.2) is 6.10 Å². The number of aliphatic hydroxyl groups excluding tert-OH is 2. The lowest BCUT2D eigenvalue weighted by atomic mass is 10.0. The molecule has 0 radical (unpaired) electrons. The lowest BCUT2D eigenvalue weighted by Crippen LogP contribution is -2.37. The summed E-state index contributed by atoms with van der Waals surface area (Å²) in [4.78, 5) is 37.6. The molecule has 2 N–H and O–H groups in total. The number of esters is 2. The molecule has 0 amide bonds. The van der Waals surface area contributed by atoms with Crippen LogP contribution in [0, 0.1) is 0 Å². The summed E-state index contributed by atoms with van der Waals surface area (Å²) in [6, 6.07) is 0. The number of ether oxygens (including phenoxy) is 2. The summed E-state index contributed by atoms with van der Waals surface area (Å²) in [5, 5.41) is 20.5. The van der Waals surface area contributed by atoms with Crippen molar-refractivity contribution in [3.8, 4) is 0 Å². The molecule has 0 heterocycles. The van der Waals surface area contributed by atoms with Crippen LogP contribution in [0.2, 0.25) is 0 Å². The molecule has 0 spiro atoms. The SMILES string of the molecule is CCCCC/C=C\C[C@@H](O)[C@H](O)CCCCCCCC(=O)OC[C@H](COP(=O)([O-])OCC[N+](C)(C)C)OC(=O)CCCCCCCCCCCCCCCCCCC. The summed E-state index contributed by atoms with van der Waals surface area (Å²) in [5.74, 6) is -0.936. The van der Waals surface area contributed by atoms with E-state index in [9.17, 15) is 29.3 Å². The van der Waals surface area contributed by atoms with E-state index in [1.807, 2.05) is 27.2 Å². The zero-order valence-corrected chi connectivity index (χ0v) is 38.9. The Hall–Kier alpha value is -1.33. The lowest BCUT2D eigenvalue weighted by Gasteiger charge is -2.28. The normalized spacial score (nSPS) is 14.7. The van der Waals surface area contributed by atoms with Gasteiger partial charge in [0.05, 0.1) is 40.0 Å². The molecule has 344 valence electrons. The van der Waals surface area contributed by atoms with Crippen molar-refractivity contribution in [1.82, 2.24) is 0 Å². The Morgan fingerprint density at radius 2 is 1.07 bits per heavy atom. The molecule has 0 fully saturated rings. The summed E-state index contributed by atoms with van der Waals surface area (Å²) in [5.41, 5.74) is 0. The van der Waals surface area contributed by atoms with E-state index in [4.69, 9.17) is 18.5 Å². The Balaban J connectivity index is 4.40. The standard InChI is InChI=1S/C46H90NO10P/c1-6-8-10-12-14-15-16-17-18-19-20-21-22-23-24-28-33-37-46(51)57-42(41-56-58(52,53)55-39-38-47(3,4)5)40-54-45(50)36-32-29-25-27-31-35-44(49)43(48)34-30-26-13-11-9-7-2/h26,30,42-44,48-49H,6-25,27-29,31-41H2,1-5H3/b30-26-/t42-,43-,44-/m1/s1. The number of carbonyl (C=O) groups excluding carboxylic acids is 2. The molecule has 4 atom stereocenters. The minimum Gasteiger partial charge on any atom is -0.756 e. The van der Waals surface area contributed by atoms with Crippen LogP contribution in [-0.4, -0.2) is 92.5 Å². The Morgan fingerprint density at radius 3 is 1.59 bits per heavy atom. The fourth-order valence-corrected chi connectivity index (χ4v) is 7.35. The average Bonchev–Trinajstić information content (AvgIpc) is 3.17. The van der Waals surface area contributed by atoms with Crippen molar-refractivity contribution in [2.75, 3.05) is 47.5 Å². The molecular formula is C46H90NO10P. The second kappa shape index (κ2) is 38.6. The second-order valence-electron chi connectivity index (χ2n) is 17.4. The summed E-state index contributed by atoms with van der Waals surface area (Å²) < 4.78 is 33.9. The van der Waals surface area contributed by atoms with Gasteiger partial charge >= 0.3 is 11.9 Å². The molecule has 0 saturated heterocycles. The maximum absolute atomic E-state index is 12.7. The Morgan fingerprint density at radius 1 is 0.603 bits per heavy atom. The fourth-order valence-electron chi connectivity index (χ4n) is 6.62. The van der Waals surface area contributed by atoms with E-state index in [1.165, 1.54) is 96.3 Å². The second-order valence-corrected chi connectivity index (χ2v) is 18.8. The zero-order valence-electron chi connectivity index (χ0n) is 38.0. The minimum absolute atomic E-state index is 0.0532. The number of aliphatic hydroxyl groups is 2. The van der Waals surface area contributed by atoms with Gasteiger partial charge in [-0.3, -0.25) is 14.2 Å². The number of nitrogens with zero attached hydrogens (tertiary/aromatic N) is 1. The van der Waals surface area contributed by atoms with Crippen molar-refractivity contribution in [1.29, 1.82) is 0 Å². The number of allylic oxidation sites excluding steroid dienone is 1. The van der Waals surface area contributed by atoms with Gasteiger partial charge in [0.25, 0.3) is 7.82 Å². The Bertz CT molecular complexity index is 1040. The van der Waals surface area contributed by atoms with Crippen molar-refractivity contribution >= 4 is 19.8 Å². The first-order valence-corrected chi connectivity index (χ1v) is 25.0. The Kier molecular flexibility index (Phi) is 37.7. The molecule has 0 bridgehead atoms. The highest BCUT2D eigenvalue weighted by Gasteiger charge is 2.22. The number of phosphoric acid groups is 1. The molecule has 11 nitrogen and oxygen atoms in total. The predicted octanol–water partition coefficient (Wildman–Crippen LogP) is 10.7. The molecule has 0 rings (SSSR count). The molecule has 0 aromatic carbocycles. The van der Waals surface area contributed by atoms with Gasteiger partial charge in [-0.1, -0.05) is 167 Å². The van der Waals surface area contributed by atoms with Crippen molar-refractivity contribution < 1.29 is 52.3 Å². The number of unbranched alkanes of at least 4 members (excludes halogenated alkanes) is 23. The van der Waals surface area contributed by atoms with Crippen LogP contribution in [0.15, 0.2) is 12.2 Å². The van der Waals surface area contributed by atoms with Crippen molar-refractivity contribution in [3.05, 3.63) is 12.2 Å². The van der Waals surface area contributed by atoms with E-state index in [2.05, 4.69) is 19.9 Å². The quantitative estimate of drug-likeness (QED) is 0.0199. The van der Waals surface area contributed by atoms with Crippen LogP contribution in [-0.2, 0) is 32.7 Å². The van der Waals surface area contributed by atoms with Crippen LogP contribution < -0.4 is 4.89 Å². The van der Waals surface area contributed by atoms with E-state index in [-0.39, 0.29) is 26.1 Å². The average molecular weight is 848 g/mol. The molecule has 0 aliphatic carbocycles. The highest BCUT2D eigenvalue weighted by Crippen LogP contribution is 2.38. The van der Waals surface area contributed by atoms with E-state index in [1.54, 1.807) is 0 Å². The van der Waals surface area contributed by atoms with E-state index in [0.717, 1.165) is 57.8 Å². The molecule has 12 heteroatoms. The van der Waals surface area contributed by atoms with Gasteiger partial charge in [-0.15, -0.1) is 0 Å². The molecular weight excluding hydrogens is 757 g/mol. The smallest absolute Gasteiger partial charge is 0.306 e. The number of phosphoric ester groups is 1. The topological polar surface area (TPSA) is 152 Å². The molecule has 0 aromatic rings. The van der Waals surface area contributed by atoms with Crippen molar-refractivity contribution in [2.24, 2.45) is 0 Å². The number of likely N-dealkylation sites (N-methyl/N-ethyl adjacent to an activating group) is 1. The van der Waals surface area contributed by atoms with E-state index < -0.39 is 44.7 Å². The third kappa shape index (κ3) is 40.1. The molecule has 0 aliphatic rings. The van der Waals surface area contributed by atoms with Gasteiger partial charge in [-0.2, -0.15) is 0 Å². The molecule has 0 aromatic heterocycles. The molecule has 1 unspecified atom stereocenters. The van der Waals surface area contributed by atoms with Crippen molar-refractivity contribution in [3.63, 3.8) is 0 Å². The maximum Gasteiger partial charge on any atom is 0.306 e. The van der Waals surface area contributed by atoms with E-state index >= 15 is 0 Å². The lowest BCUT2D eigenvalue weighted by molar-refractivity contribution is -0.870. The van der Waals surface area contributed by atoms with Crippen molar-refractivity contribution in [2.45, 2.75) is 225 Å². The zero-order chi connectivity index (χ0) is 43.2. The predicted molar refractivity (Wildman–Crippen MR) is 234 cm³/mol. The summed E-state index contributed by atoms with van der Waals surface area (Å²) in [6.45, 7) is 4.02. The summed E-state index contributed by atoms with van der Waals surface area (Å²) in [7, 11) is 1.09. The van der Waals surface area contributed by atoms with Crippen LogP contribution in [0.3, 0.4) is 0 Å². The molecule has 0 aliphatic heterocycles. The minimum atomic E-state index is -4.66. The Labute approximate surface area is 355 Å². The maximum atomic E-state index is 12.7. The monoisotopic (exact) mass is 848 g/mol. The number of carbonyl (C=O) groups is 2. The van der Waals surface area contributed by atoms with Gasteiger partial charge in [0, 0.05) is 12.8 Å². The number of hydrogen-bond donors (Lipinski definition) is 2. The van der Waals surface area contributed by atoms with Gasteiger partial charge < -0.3 is 38.1 Å². The first-order chi connectivity index (χ1) is 27.8. The van der Waals surface area contributed by atoms with Crippen LogP contribution in [0.4, 0.5) is 0 Å². The summed E-state index contributed by atoms with van der Waals surface area (Å²) in [6.07, 6.45) is 32.5. The summed E-state index contributed by atoms with van der Waals surface area (Å²) >= 11 is 0. The van der Waals surface area contributed by atoms with Gasteiger partial charge in [0.2, 0.25) is 0 Å². The van der Waals surface area contributed by atoms with Gasteiger partial charge in [0.1, 0.15) is 19.8 Å². The van der Waals surface area contributed by atoms with Crippen LogP contribution in [0.5, 0.6) is 0 Å². The highest BCUT2D eigenvalue weighted by atomic mass is 31.2.